The second-order valence-electron chi connectivity index (χ2n) is 6.24. The van der Waals surface area contributed by atoms with Crippen molar-refractivity contribution in [2.45, 2.75) is 13.8 Å². The quantitative estimate of drug-likeness (QED) is 0.357. The van der Waals surface area contributed by atoms with Crippen LogP contribution in [0.4, 0.5) is 0 Å². The van der Waals surface area contributed by atoms with E-state index >= 15 is 0 Å². The van der Waals surface area contributed by atoms with Crippen molar-refractivity contribution < 1.29 is 14.3 Å². The molecule has 146 valence electrons. The third-order valence-corrected chi connectivity index (χ3v) is 5.15. The smallest absolute Gasteiger partial charge is 0.338 e. The number of carbonyl (C=O) groups is 2. The Labute approximate surface area is 169 Å². The van der Waals surface area contributed by atoms with Gasteiger partial charge in [-0.1, -0.05) is 0 Å². The number of esters is 1. The van der Waals surface area contributed by atoms with Crippen LogP contribution in [0.2, 0.25) is 0 Å². The van der Waals surface area contributed by atoms with E-state index in [1.54, 1.807) is 36.5 Å². The molecule has 1 aromatic carbocycles. The fourth-order valence-electron chi connectivity index (χ4n) is 2.99. The van der Waals surface area contributed by atoms with E-state index in [2.05, 4.69) is 20.5 Å². The van der Waals surface area contributed by atoms with Crippen LogP contribution in [0.3, 0.4) is 0 Å². The average Bonchev–Trinajstić information content (AvgIpc) is 3.48. The average molecular weight is 408 g/mol. The molecule has 0 aliphatic heterocycles. The minimum Gasteiger partial charge on any atom is -0.454 e. The van der Waals surface area contributed by atoms with Gasteiger partial charge < -0.3 is 4.74 Å². The lowest BCUT2D eigenvalue weighted by Gasteiger charge is -2.07. The second kappa shape index (κ2) is 7.76. The minimum atomic E-state index is -0.574. The van der Waals surface area contributed by atoms with Crippen molar-refractivity contribution in [3.05, 3.63) is 70.8 Å². The summed E-state index contributed by atoms with van der Waals surface area (Å²) in [7, 11) is 0. The predicted octanol–water partition coefficient (Wildman–Crippen LogP) is 2.57. The number of ether oxygens (including phenoxy) is 1. The van der Waals surface area contributed by atoms with Gasteiger partial charge in [0.15, 0.2) is 11.7 Å². The molecule has 0 radical (unpaired) electrons. The number of nitrogens with zero attached hydrogens (tertiary/aromatic N) is 6. The molecule has 0 saturated carbocycles. The molecule has 3 heterocycles. The first-order valence-corrected chi connectivity index (χ1v) is 9.55. The molecule has 0 spiro atoms. The zero-order valence-corrected chi connectivity index (χ0v) is 16.5. The molecule has 3 aromatic heterocycles. The van der Waals surface area contributed by atoms with Crippen LogP contribution < -0.4 is 0 Å². The van der Waals surface area contributed by atoms with Gasteiger partial charge in [0.1, 0.15) is 6.33 Å². The molecule has 0 N–H and O–H groups in total. The van der Waals surface area contributed by atoms with Gasteiger partial charge in [-0.05, 0) is 54.6 Å². The van der Waals surface area contributed by atoms with E-state index in [4.69, 9.17) is 4.74 Å². The third-order valence-electron chi connectivity index (χ3n) is 4.39. The summed E-state index contributed by atoms with van der Waals surface area (Å²) in [6.07, 6.45) is 3.17. The Morgan fingerprint density at radius 3 is 2.62 bits per heavy atom. The second-order valence-corrected chi connectivity index (χ2v) is 7.11. The van der Waals surface area contributed by atoms with Gasteiger partial charge >= 0.3 is 5.97 Å². The highest BCUT2D eigenvalue weighted by molar-refractivity contribution is 7.12. The molecule has 4 rings (SSSR count). The fourth-order valence-corrected chi connectivity index (χ4v) is 3.74. The minimum absolute atomic E-state index is 0.264. The van der Waals surface area contributed by atoms with Crippen molar-refractivity contribution in [2.24, 2.45) is 0 Å². The number of ketones is 1. The number of hydrogen-bond donors (Lipinski definition) is 0. The molecule has 0 amide bonds. The van der Waals surface area contributed by atoms with E-state index in [0.717, 1.165) is 16.5 Å². The zero-order chi connectivity index (χ0) is 20.4. The number of hydrogen-bond acceptors (Lipinski definition) is 8. The summed E-state index contributed by atoms with van der Waals surface area (Å²) in [5, 5.41) is 13.6. The van der Waals surface area contributed by atoms with E-state index in [-0.39, 0.29) is 12.4 Å². The van der Waals surface area contributed by atoms with Gasteiger partial charge in [0.25, 0.3) is 0 Å². The Morgan fingerprint density at radius 2 is 1.97 bits per heavy atom. The van der Waals surface area contributed by atoms with E-state index < -0.39 is 5.97 Å². The molecule has 0 bridgehead atoms. The topological polar surface area (TPSA) is 105 Å². The van der Waals surface area contributed by atoms with Crippen molar-refractivity contribution in [1.29, 1.82) is 0 Å². The molecule has 0 unspecified atom stereocenters. The largest absolute Gasteiger partial charge is 0.454 e. The van der Waals surface area contributed by atoms with Crippen molar-refractivity contribution in [2.75, 3.05) is 6.61 Å². The molecule has 0 atom stereocenters. The number of benzene rings is 1. The number of rotatable bonds is 6. The van der Waals surface area contributed by atoms with Gasteiger partial charge in [-0.3, -0.25) is 9.36 Å². The van der Waals surface area contributed by atoms with Crippen molar-refractivity contribution >= 4 is 23.1 Å². The first-order chi connectivity index (χ1) is 14.0. The maximum Gasteiger partial charge on any atom is 0.338 e. The highest BCUT2D eigenvalue weighted by atomic mass is 32.1. The van der Waals surface area contributed by atoms with Crippen LogP contribution in [-0.2, 0) is 4.74 Å². The lowest BCUT2D eigenvalue weighted by molar-refractivity contribution is 0.0474. The van der Waals surface area contributed by atoms with E-state index in [0.29, 0.717) is 16.8 Å². The van der Waals surface area contributed by atoms with Gasteiger partial charge in [0.05, 0.1) is 11.3 Å². The van der Waals surface area contributed by atoms with E-state index in [9.17, 15) is 9.59 Å². The fraction of sp³-hybridized carbons (Fsp3) is 0.158. The number of Topliss-reactive ketones (excluding diaryl/α,β-unsaturated/α-hetero) is 1. The van der Waals surface area contributed by atoms with Crippen LogP contribution in [0.15, 0.2) is 48.2 Å². The van der Waals surface area contributed by atoms with Crippen LogP contribution in [0.1, 0.15) is 32.1 Å². The molecule has 0 aliphatic rings. The first-order valence-electron chi connectivity index (χ1n) is 8.67. The standard InChI is InChI=1S/C19H16N6O3S/c1-12-9-16(13(2)25(12)19-20-7-8-29-19)17(26)10-28-18(27)14-3-5-15(6-4-14)24-11-21-22-23-24/h3-9,11H,10H2,1-2H3. The first kappa shape index (κ1) is 18.7. The molecule has 4 aromatic rings. The monoisotopic (exact) mass is 408 g/mol. The summed E-state index contributed by atoms with van der Waals surface area (Å²) >= 11 is 1.49. The van der Waals surface area contributed by atoms with Gasteiger partial charge in [-0.2, -0.15) is 0 Å². The Kier molecular flexibility index (Phi) is 5.00. The summed E-state index contributed by atoms with van der Waals surface area (Å²) in [6, 6.07) is 8.36. The van der Waals surface area contributed by atoms with Crippen LogP contribution in [0, 0.1) is 13.8 Å². The van der Waals surface area contributed by atoms with Crippen LogP contribution in [-0.4, -0.2) is 48.1 Å². The number of aryl methyl sites for hydroxylation is 1. The van der Waals surface area contributed by atoms with Crippen LogP contribution in [0.5, 0.6) is 0 Å². The highest BCUT2D eigenvalue weighted by Gasteiger charge is 2.19. The summed E-state index contributed by atoms with van der Waals surface area (Å²) in [5.41, 5.74) is 3.22. The Bertz CT molecular complexity index is 1150. The Balaban J connectivity index is 1.43. The molecule has 9 nitrogen and oxygen atoms in total. The van der Waals surface area contributed by atoms with Gasteiger partial charge in [0.2, 0.25) is 5.78 Å². The molecular weight excluding hydrogens is 392 g/mol. The molecule has 0 saturated heterocycles. The summed E-state index contributed by atoms with van der Waals surface area (Å²) in [4.78, 5) is 29.2. The van der Waals surface area contributed by atoms with Crippen molar-refractivity contribution in [3.63, 3.8) is 0 Å². The van der Waals surface area contributed by atoms with E-state index in [1.165, 1.54) is 22.3 Å². The Hall–Kier alpha value is -3.66. The number of aromatic nitrogens is 6. The SMILES string of the molecule is Cc1cc(C(=O)COC(=O)c2ccc(-n3cnnn3)cc2)c(C)n1-c1nccs1. The maximum atomic E-state index is 12.6. The predicted molar refractivity (Wildman–Crippen MR) is 105 cm³/mol. The molecule has 10 heteroatoms. The zero-order valence-electron chi connectivity index (χ0n) is 15.6. The molecule has 29 heavy (non-hydrogen) atoms. The van der Waals surface area contributed by atoms with Gasteiger partial charge in [-0.25, -0.2) is 14.5 Å². The third kappa shape index (κ3) is 3.69. The van der Waals surface area contributed by atoms with Gasteiger partial charge in [0, 0.05) is 28.5 Å². The van der Waals surface area contributed by atoms with Gasteiger partial charge in [-0.15, -0.1) is 16.4 Å². The van der Waals surface area contributed by atoms with Crippen LogP contribution >= 0.6 is 11.3 Å². The van der Waals surface area contributed by atoms with Crippen LogP contribution in [0.25, 0.3) is 10.8 Å². The lowest BCUT2D eigenvalue weighted by Crippen LogP contribution is -2.15. The number of carbonyl (C=O) groups excluding carboxylic acids is 2. The summed E-state index contributed by atoms with van der Waals surface area (Å²) in [5.74, 6) is -0.838. The summed E-state index contributed by atoms with van der Waals surface area (Å²) in [6.45, 7) is 3.42. The molecular formula is C19H16N6O3S. The van der Waals surface area contributed by atoms with E-state index in [1.807, 2.05) is 23.8 Å². The molecule has 0 aliphatic carbocycles. The lowest BCUT2D eigenvalue weighted by atomic mass is 10.1. The molecule has 0 fully saturated rings. The highest BCUT2D eigenvalue weighted by Crippen LogP contribution is 2.22. The normalized spacial score (nSPS) is 10.8. The number of thiazole rings is 1. The number of tetrazole rings is 1. The van der Waals surface area contributed by atoms with Crippen molar-refractivity contribution in [1.82, 2.24) is 29.8 Å². The maximum absolute atomic E-state index is 12.6. The summed E-state index contributed by atoms with van der Waals surface area (Å²) < 4.78 is 8.60. The van der Waals surface area contributed by atoms with Crippen molar-refractivity contribution in [3.8, 4) is 10.8 Å². The Morgan fingerprint density at radius 1 is 1.17 bits per heavy atom.